The number of aryl methyl sites for hydroxylation is 1. The van der Waals surface area contributed by atoms with E-state index >= 15 is 0 Å². The molecule has 2 fully saturated rings. The van der Waals surface area contributed by atoms with Crippen LogP contribution < -0.4 is 4.74 Å². The highest BCUT2D eigenvalue weighted by Crippen LogP contribution is 2.37. The number of piperidine rings is 1. The molecule has 0 saturated carbocycles. The van der Waals surface area contributed by atoms with Crippen LogP contribution in [-0.2, 0) is 17.7 Å². The van der Waals surface area contributed by atoms with Gasteiger partial charge < -0.3 is 14.6 Å². The Hall–Kier alpha value is -3.16. The second-order valence-electron chi connectivity index (χ2n) is 11.4. The van der Waals surface area contributed by atoms with E-state index in [0.717, 1.165) is 101 Å². The molecule has 1 N–H and O–H groups in total. The third kappa shape index (κ3) is 7.24. The summed E-state index contributed by atoms with van der Waals surface area (Å²) in [6.45, 7) is 6.08. The summed E-state index contributed by atoms with van der Waals surface area (Å²) >= 11 is 0. The monoisotopic (exact) mass is 581 g/mol. The smallest absolute Gasteiger partial charge is 0.174 e. The van der Waals surface area contributed by atoms with E-state index in [9.17, 15) is 18.3 Å². The first-order chi connectivity index (χ1) is 20.4. The Balaban J connectivity index is 1.23. The molecular weight excluding hydrogens is 543 g/mol. The number of fused-ring (bicyclic) bond motifs is 1. The summed E-state index contributed by atoms with van der Waals surface area (Å²) in [6.07, 6.45) is 6.34. The fourth-order valence-corrected chi connectivity index (χ4v) is 6.03. The van der Waals surface area contributed by atoms with E-state index in [0.29, 0.717) is 12.6 Å². The number of benzene rings is 2. The van der Waals surface area contributed by atoms with Crippen molar-refractivity contribution in [3.05, 3.63) is 70.7 Å². The highest BCUT2D eigenvalue weighted by molar-refractivity contribution is 5.84. The molecule has 42 heavy (non-hydrogen) atoms. The Kier molecular flexibility index (Phi) is 10.0. The van der Waals surface area contributed by atoms with Crippen molar-refractivity contribution in [1.29, 1.82) is 0 Å². The molecular formula is C33H38F3N3O3. The number of aromatic nitrogens is 1. The number of hydrogen-bond donors (Lipinski definition) is 1. The van der Waals surface area contributed by atoms with Gasteiger partial charge in [0.05, 0.1) is 37.9 Å². The highest BCUT2D eigenvalue weighted by Gasteiger charge is 2.33. The molecule has 0 aliphatic carbocycles. The van der Waals surface area contributed by atoms with Crippen LogP contribution in [0, 0.1) is 34.7 Å². The topological polar surface area (TPSA) is 58.1 Å². The van der Waals surface area contributed by atoms with Crippen LogP contribution in [0.1, 0.15) is 42.4 Å². The zero-order valence-electron chi connectivity index (χ0n) is 24.1. The Morgan fingerprint density at radius 2 is 1.83 bits per heavy atom. The molecule has 3 aromatic rings. The minimum absolute atomic E-state index is 0.117. The molecule has 0 bridgehead atoms. The molecule has 0 unspecified atom stereocenters. The lowest BCUT2D eigenvalue weighted by molar-refractivity contribution is 0.0339. The summed E-state index contributed by atoms with van der Waals surface area (Å²) in [5.74, 6) is 3.01. The second kappa shape index (κ2) is 13.9. The SMILES string of the molecule is COc1ccc2ncc(CN3CCOCC3)c(CCCC3(CO)CCN(CC#Cc4cc(F)cc(F)c4F)CC3)c2c1. The van der Waals surface area contributed by atoms with Gasteiger partial charge in [-0.25, -0.2) is 13.2 Å². The van der Waals surface area contributed by atoms with Gasteiger partial charge in [-0.2, -0.15) is 0 Å². The lowest BCUT2D eigenvalue weighted by atomic mass is 9.75. The third-order valence-corrected chi connectivity index (χ3v) is 8.68. The van der Waals surface area contributed by atoms with Crippen LogP contribution in [-0.4, -0.2) is 79.5 Å². The van der Waals surface area contributed by atoms with Crippen molar-refractivity contribution in [2.24, 2.45) is 5.41 Å². The largest absolute Gasteiger partial charge is 0.497 e. The Bertz CT molecular complexity index is 1440. The van der Waals surface area contributed by atoms with Crippen LogP contribution in [0.25, 0.3) is 10.9 Å². The van der Waals surface area contributed by atoms with E-state index < -0.39 is 17.5 Å². The standard InChI is InChI=1S/C33H38F3N3O3/c1-41-27-6-7-31-29(20-27)28(25(21-37-31)22-39-14-16-42-17-15-39)5-2-8-33(23-40)9-12-38(13-10-33)11-3-4-24-18-26(34)19-30(35)32(24)36/h6-7,18-21,40H,2,5,8-17,22-23H2,1H3. The maximum Gasteiger partial charge on any atom is 0.174 e. The van der Waals surface area contributed by atoms with Crippen molar-refractivity contribution < 1.29 is 27.8 Å². The molecule has 2 aliphatic rings. The maximum absolute atomic E-state index is 13.9. The number of morpholine rings is 1. The summed E-state index contributed by atoms with van der Waals surface area (Å²) in [4.78, 5) is 9.29. The maximum atomic E-state index is 13.9. The minimum atomic E-state index is -1.24. The van der Waals surface area contributed by atoms with Crippen molar-refractivity contribution in [2.75, 3.05) is 59.7 Å². The highest BCUT2D eigenvalue weighted by atomic mass is 19.2. The molecule has 3 heterocycles. The van der Waals surface area contributed by atoms with E-state index in [1.165, 1.54) is 11.1 Å². The van der Waals surface area contributed by atoms with Gasteiger partial charge in [0.1, 0.15) is 11.6 Å². The number of pyridine rings is 1. The van der Waals surface area contributed by atoms with E-state index in [1.54, 1.807) is 7.11 Å². The summed E-state index contributed by atoms with van der Waals surface area (Å²) in [5, 5.41) is 11.6. The summed E-state index contributed by atoms with van der Waals surface area (Å²) in [5.41, 5.74) is 3.00. The van der Waals surface area contributed by atoms with Crippen LogP contribution in [0.4, 0.5) is 13.2 Å². The van der Waals surface area contributed by atoms with E-state index in [1.807, 2.05) is 18.3 Å². The van der Waals surface area contributed by atoms with Crippen molar-refractivity contribution in [2.45, 2.75) is 38.6 Å². The molecule has 224 valence electrons. The molecule has 0 radical (unpaired) electrons. The third-order valence-electron chi connectivity index (χ3n) is 8.68. The van der Waals surface area contributed by atoms with Crippen LogP contribution in [0.5, 0.6) is 5.75 Å². The van der Waals surface area contributed by atoms with Gasteiger partial charge in [0.25, 0.3) is 0 Å². The summed E-state index contributed by atoms with van der Waals surface area (Å²) < 4.78 is 51.9. The molecule has 2 aliphatic heterocycles. The van der Waals surface area contributed by atoms with Crippen LogP contribution >= 0.6 is 0 Å². The fraction of sp³-hybridized carbons (Fsp3) is 0.485. The molecule has 6 nitrogen and oxygen atoms in total. The minimum Gasteiger partial charge on any atom is -0.497 e. The zero-order chi connectivity index (χ0) is 29.5. The van der Waals surface area contributed by atoms with Crippen molar-refractivity contribution in [3.8, 4) is 17.6 Å². The number of methoxy groups -OCH3 is 1. The summed E-state index contributed by atoms with van der Waals surface area (Å²) in [6, 6.07) is 7.44. The molecule has 9 heteroatoms. The van der Waals surface area contributed by atoms with Crippen molar-refractivity contribution >= 4 is 10.9 Å². The van der Waals surface area contributed by atoms with Crippen LogP contribution in [0.3, 0.4) is 0 Å². The quantitative estimate of drug-likeness (QED) is 0.286. The Labute approximate surface area is 245 Å². The fourth-order valence-electron chi connectivity index (χ4n) is 6.03. The van der Waals surface area contributed by atoms with Gasteiger partial charge in [-0.05, 0) is 86.0 Å². The Morgan fingerprint density at radius 3 is 2.57 bits per heavy atom. The molecule has 0 spiro atoms. The first kappa shape index (κ1) is 30.3. The number of nitrogens with zero attached hydrogens (tertiary/aromatic N) is 3. The van der Waals surface area contributed by atoms with E-state index in [-0.39, 0.29) is 17.6 Å². The second-order valence-corrected chi connectivity index (χ2v) is 11.4. The van der Waals surface area contributed by atoms with Gasteiger partial charge in [0, 0.05) is 43.9 Å². The van der Waals surface area contributed by atoms with Gasteiger partial charge >= 0.3 is 0 Å². The lowest BCUT2D eigenvalue weighted by Gasteiger charge is -2.40. The predicted octanol–water partition coefficient (Wildman–Crippen LogP) is 4.94. The number of likely N-dealkylation sites (tertiary alicyclic amines) is 1. The normalized spacial score (nSPS) is 17.6. The number of ether oxygens (including phenoxy) is 2. The van der Waals surface area contributed by atoms with Gasteiger partial charge in [-0.15, -0.1) is 0 Å². The number of rotatable bonds is 9. The first-order valence-corrected chi connectivity index (χ1v) is 14.6. The first-order valence-electron chi connectivity index (χ1n) is 14.6. The average molecular weight is 582 g/mol. The predicted molar refractivity (Wildman–Crippen MR) is 156 cm³/mol. The number of aliphatic hydroxyl groups is 1. The molecule has 5 rings (SSSR count). The Morgan fingerprint density at radius 1 is 1.05 bits per heavy atom. The van der Waals surface area contributed by atoms with E-state index in [2.05, 4.69) is 27.7 Å². The summed E-state index contributed by atoms with van der Waals surface area (Å²) in [7, 11) is 1.67. The molecule has 1 aromatic heterocycles. The number of hydrogen-bond acceptors (Lipinski definition) is 6. The van der Waals surface area contributed by atoms with Gasteiger partial charge in [0.15, 0.2) is 11.6 Å². The van der Waals surface area contributed by atoms with Gasteiger partial charge in [-0.1, -0.05) is 11.8 Å². The number of aliphatic hydroxyl groups excluding tert-OH is 1. The zero-order valence-corrected chi connectivity index (χ0v) is 24.1. The average Bonchev–Trinajstić information content (AvgIpc) is 3.01. The van der Waals surface area contributed by atoms with Crippen LogP contribution in [0.15, 0.2) is 36.5 Å². The van der Waals surface area contributed by atoms with Crippen molar-refractivity contribution in [1.82, 2.24) is 14.8 Å². The van der Waals surface area contributed by atoms with Gasteiger partial charge in [0.2, 0.25) is 0 Å². The molecule has 0 atom stereocenters. The van der Waals surface area contributed by atoms with Gasteiger partial charge in [-0.3, -0.25) is 14.8 Å². The van der Waals surface area contributed by atoms with E-state index in [4.69, 9.17) is 14.5 Å². The van der Waals surface area contributed by atoms with Crippen LogP contribution in [0.2, 0.25) is 0 Å². The van der Waals surface area contributed by atoms with Crippen molar-refractivity contribution in [3.63, 3.8) is 0 Å². The lowest BCUT2D eigenvalue weighted by Crippen LogP contribution is -2.42. The molecule has 2 saturated heterocycles. The number of halogens is 3. The molecule has 2 aromatic carbocycles. The molecule has 0 amide bonds.